The van der Waals surface area contributed by atoms with Crippen molar-refractivity contribution in [2.75, 3.05) is 0 Å². The molecule has 0 aliphatic rings. The minimum Gasteiger partial charge on any atom is -0.298 e. The van der Waals surface area contributed by atoms with Gasteiger partial charge in [-0.25, -0.2) is 0 Å². The molecule has 6 heteroatoms. The second-order valence-electron chi connectivity index (χ2n) is 6.01. The van der Waals surface area contributed by atoms with Gasteiger partial charge in [-0.2, -0.15) is 0 Å². The first-order chi connectivity index (χ1) is 11.9. The van der Waals surface area contributed by atoms with Crippen molar-refractivity contribution >= 4 is 29.1 Å². The third kappa shape index (κ3) is 5.39. The summed E-state index contributed by atoms with van der Waals surface area (Å²) in [6, 6.07) is 14.4. The molecule has 2 rings (SSSR count). The number of nitrogens with one attached hydrogen (secondary N) is 3. The molecule has 0 bridgehead atoms. The molecule has 0 fully saturated rings. The zero-order valence-electron chi connectivity index (χ0n) is 14.4. The van der Waals surface area contributed by atoms with Gasteiger partial charge in [0.05, 0.1) is 0 Å². The van der Waals surface area contributed by atoms with Crippen molar-refractivity contribution in [2.24, 2.45) is 0 Å². The van der Waals surface area contributed by atoms with Crippen molar-refractivity contribution in [3.63, 3.8) is 0 Å². The number of rotatable bonds is 3. The van der Waals surface area contributed by atoms with E-state index in [4.69, 9.17) is 12.2 Å². The van der Waals surface area contributed by atoms with Gasteiger partial charge in [0.25, 0.3) is 11.8 Å². The quantitative estimate of drug-likeness (QED) is 0.585. The Morgan fingerprint density at radius 2 is 1.36 bits per heavy atom. The second kappa shape index (κ2) is 8.39. The average molecular weight is 355 g/mol. The van der Waals surface area contributed by atoms with E-state index in [0.717, 1.165) is 11.1 Å². The Balaban J connectivity index is 1.86. The number of carbonyl (C=O) groups excluding carboxylic acids is 2. The number of amides is 2. The maximum Gasteiger partial charge on any atom is 0.269 e. The lowest BCUT2D eigenvalue weighted by molar-refractivity contribution is 0.0934. The van der Waals surface area contributed by atoms with Crippen molar-refractivity contribution in [1.82, 2.24) is 16.2 Å². The molecule has 0 saturated carbocycles. The number of benzene rings is 2. The van der Waals surface area contributed by atoms with Crippen LogP contribution in [0.3, 0.4) is 0 Å². The van der Waals surface area contributed by atoms with Crippen LogP contribution in [0.4, 0.5) is 0 Å². The second-order valence-corrected chi connectivity index (χ2v) is 6.41. The fraction of sp³-hybridized carbons (Fsp3) is 0.211. The van der Waals surface area contributed by atoms with Crippen LogP contribution in [-0.4, -0.2) is 16.9 Å². The Labute approximate surface area is 152 Å². The summed E-state index contributed by atoms with van der Waals surface area (Å²) in [5.41, 5.74) is 8.20. The Morgan fingerprint density at radius 1 is 0.840 bits per heavy atom. The zero-order chi connectivity index (χ0) is 18.4. The van der Waals surface area contributed by atoms with E-state index in [-0.39, 0.29) is 16.9 Å². The lowest BCUT2D eigenvalue weighted by Crippen LogP contribution is -2.48. The Bertz CT molecular complexity index is 768. The molecular formula is C19H21N3O2S. The topological polar surface area (TPSA) is 70.2 Å². The maximum atomic E-state index is 12.1. The number of hydrazine groups is 1. The highest BCUT2D eigenvalue weighted by Crippen LogP contribution is 2.14. The highest BCUT2D eigenvalue weighted by Gasteiger charge is 2.10. The summed E-state index contributed by atoms with van der Waals surface area (Å²) in [6.45, 7) is 6.12. The maximum absolute atomic E-state index is 12.1. The summed E-state index contributed by atoms with van der Waals surface area (Å²) in [6.07, 6.45) is 0. The van der Waals surface area contributed by atoms with Gasteiger partial charge in [0.1, 0.15) is 0 Å². The van der Waals surface area contributed by atoms with Gasteiger partial charge >= 0.3 is 0 Å². The first-order valence-corrected chi connectivity index (χ1v) is 8.36. The number of thiocarbonyl (C=S) groups is 1. The first-order valence-electron chi connectivity index (χ1n) is 7.95. The molecule has 0 saturated heterocycles. The summed E-state index contributed by atoms with van der Waals surface area (Å²) in [5, 5.41) is 2.55. The molecule has 25 heavy (non-hydrogen) atoms. The molecule has 5 nitrogen and oxygen atoms in total. The zero-order valence-corrected chi connectivity index (χ0v) is 15.2. The van der Waals surface area contributed by atoms with Crippen molar-refractivity contribution in [2.45, 2.75) is 26.7 Å². The summed E-state index contributed by atoms with van der Waals surface area (Å²) in [7, 11) is 0. The molecule has 0 spiro atoms. The highest BCUT2D eigenvalue weighted by molar-refractivity contribution is 7.80. The third-order valence-corrected chi connectivity index (χ3v) is 3.87. The van der Waals surface area contributed by atoms with Gasteiger partial charge in [0, 0.05) is 11.1 Å². The molecule has 0 radical (unpaired) electrons. The van der Waals surface area contributed by atoms with Crippen molar-refractivity contribution in [3.05, 3.63) is 70.8 Å². The summed E-state index contributed by atoms with van der Waals surface area (Å²) >= 11 is 5.03. The number of hydrogen-bond acceptors (Lipinski definition) is 3. The van der Waals surface area contributed by atoms with Crippen LogP contribution in [0.1, 0.15) is 51.6 Å². The Kier molecular flexibility index (Phi) is 6.25. The van der Waals surface area contributed by atoms with Crippen LogP contribution in [0.2, 0.25) is 0 Å². The molecule has 2 aromatic rings. The largest absolute Gasteiger partial charge is 0.298 e. The average Bonchev–Trinajstić information content (AvgIpc) is 2.60. The molecule has 0 aliphatic heterocycles. The van der Waals surface area contributed by atoms with Gasteiger partial charge in [-0.3, -0.25) is 25.8 Å². The van der Waals surface area contributed by atoms with Crippen LogP contribution in [-0.2, 0) is 0 Å². The Morgan fingerprint density at radius 3 is 1.92 bits per heavy atom. The number of hydrogen-bond donors (Lipinski definition) is 3. The van der Waals surface area contributed by atoms with E-state index in [0.29, 0.717) is 17.0 Å². The number of carbonyl (C=O) groups is 2. The van der Waals surface area contributed by atoms with Crippen molar-refractivity contribution in [1.29, 1.82) is 0 Å². The molecule has 130 valence electrons. The van der Waals surface area contributed by atoms with E-state index in [1.807, 2.05) is 31.2 Å². The van der Waals surface area contributed by atoms with Crippen molar-refractivity contribution < 1.29 is 9.59 Å². The van der Waals surface area contributed by atoms with E-state index < -0.39 is 0 Å². The van der Waals surface area contributed by atoms with Crippen LogP contribution in [0.25, 0.3) is 0 Å². The lowest BCUT2D eigenvalue weighted by Gasteiger charge is -2.11. The van der Waals surface area contributed by atoms with Gasteiger partial charge in [0.15, 0.2) is 5.11 Å². The van der Waals surface area contributed by atoms with Gasteiger partial charge in [-0.1, -0.05) is 43.7 Å². The molecule has 0 heterocycles. The van der Waals surface area contributed by atoms with E-state index in [2.05, 4.69) is 30.0 Å². The fourth-order valence-corrected chi connectivity index (χ4v) is 2.26. The van der Waals surface area contributed by atoms with Crippen molar-refractivity contribution in [3.8, 4) is 0 Å². The predicted octanol–water partition coefficient (Wildman–Crippen LogP) is 3.07. The minimum atomic E-state index is -0.336. The van der Waals surface area contributed by atoms with E-state index >= 15 is 0 Å². The smallest absolute Gasteiger partial charge is 0.269 e. The molecule has 0 atom stereocenters. The molecule has 0 aliphatic carbocycles. The summed E-state index contributed by atoms with van der Waals surface area (Å²) < 4.78 is 0. The van der Waals surface area contributed by atoms with Gasteiger partial charge in [0.2, 0.25) is 0 Å². The van der Waals surface area contributed by atoms with Gasteiger partial charge in [-0.15, -0.1) is 0 Å². The standard InChI is InChI=1S/C19H21N3O2S/c1-12(2)14-8-10-15(11-9-14)17(23)20-19(25)22-21-18(24)16-6-4-13(3)5-7-16/h4-12H,1-3H3,(H,21,24)(H2,20,22,23,25). The molecular weight excluding hydrogens is 334 g/mol. The summed E-state index contributed by atoms with van der Waals surface area (Å²) in [5.74, 6) is -0.271. The van der Waals surface area contributed by atoms with Gasteiger partial charge in [-0.05, 0) is 54.9 Å². The summed E-state index contributed by atoms with van der Waals surface area (Å²) in [4.78, 5) is 24.1. The molecule has 2 amide bonds. The van der Waals surface area contributed by atoms with E-state index in [1.165, 1.54) is 0 Å². The van der Waals surface area contributed by atoms with E-state index in [1.54, 1.807) is 24.3 Å². The molecule has 0 unspecified atom stereocenters. The predicted molar refractivity (Wildman–Crippen MR) is 102 cm³/mol. The fourth-order valence-electron chi connectivity index (χ4n) is 2.12. The molecule has 0 aromatic heterocycles. The number of aryl methyl sites for hydroxylation is 1. The van der Waals surface area contributed by atoms with Crippen LogP contribution in [0.5, 0.6) is 0 Å². The normalized spacial score (nSPS) is 10.2. The third-order valence-electron chi connectivity index (χ3n) is 3.67. The van der Waals surface area contributed by atoms with Crippen LogP contribution in [0.15, 0.2) is 48.5 Å². The molecule has 2 aromatic carbocycles. The highest BCUT2D eigenvalue weighted by atomic mass is 32.1. The SMILES string of the molecule is Cc1ccc(C(=O)NNC(=S)NC(=O)c2ccc(C(C)C)cc2)cc1. The molecule has 3 N–H and O–H groups in total. The van der Waals surface area contributed by atoms with Crippen LogP contribution in [0, 0.1) is 6.92 Å². The lowest BCUT2D eigenvalue weighted by atomic mass is 10.0. The van der Waals surface area contributed by atoms with Gasteiger partial charge < -0.3 is 0 Å². The monoisotopic (exact) mass is 355 g/mol. The van der Waals surface area contributed by atoms with Crippen LogP contribution < -0.4 is 16.2 Å². The Hall–Kier alpha value is -2.73. The van der Waals surface area contributed by atoms with E-state index in [9.17, 15) is 9.59 Å². The minimum absolute atomic E-state index is 0.0263. The van der Waals surface area contributed by atoms with Crippen LogP contribution >= 0.6 is 12.2 Å². The first kappa shape index (κ1) is 18.6.